The van der Waals surface area contributed by atoms with E-state index in [0.29, 0.717) is 23.7 Å². The van der Waals surface area contributed by atoms with E-state index in [1.54, 1.807) is 6.08 Å². The van der Waals surface area contributed by atoms with Crippen LogP contribution in [-0.4, -0.2) is 24.4 Å². The van der Waals surface area contributed by atoms with E-state index < -0.39 is 0 Å². The molecule has 4 aliphatic rings. The van der Waals surface area contributed by atoms with Crippen LogP contribution in [0.3, 0.4) is 0 Å². The average molecular weight is 373 g/mol. The van der Waals surface area contributed by atoms with E-state index in [1.807, 2.05) is 0 Å². The maximum atomic E-state index is 12.9. The predicted molar refractivity (Wildman–Crippen MR) is 107 cm³/mol. The Hall–Kier alpha value is -1.32. The minimum absolute atomic E-state index is 0.0688. The van der Waals surface area contributed by atoms with E-state index in [2.05, 4.69) is 44.4 Å². The van der Waals surface area contributed by atoms with Gasteiger partial charge in [-0.25, -0.2) is 0 Å². The predicted octanol–water partition coefficient (Wildman–Crippen LogP) is 3.67. The third-order valence-corrected chi connectivity index (χ3v) is 8.69. The van der Waals surface area contributed by atoms with E-state index in [1.165, 1.54) is 19.3 Å². The standard InChI is InChI=1S/C23H36N2O2/c1-14(2)13-24-21(27)18-7-6-16-15-5-8-19-23(4,12-10-20(26)25-19)17(15)9-11-22(16,18)3/h10,12,14-19H,5-9,11,13H2,1-4H3,(H,24,27)(H,25,26)/t15-,16-,17+,18?,19?,22-,23+/m0/s1. The molecule has 3 saturated carbocycles. The van der Waals surface area contributed by atoms with Gasteiger partial charge in [0.15, 0.2) is 0 Å². The van der Waals surface area contributed by atoms with Crippen molar-refractivity contribution in [2.75, 3.05) is 6.54 Å². The number of rotatable bonds is 3. The first kappa shape index (κ1) is 19.0. The van der Waals surface area contributed by atoms with Crippen molar-refractivity contribution in [3.63, 3.8) is 0 Å². The van der Waals surface area contributed by atoms with Crippen LogP contribution in [-0.2, 0) is 9.59 Å². The third kappa shape index (κ3) is 2.94. The first-order chi connectivity index (χ1) is 12.8. The van der Waals surface area contributed by atoms with E-state index in [-0.39, 0.29) is 34.6 Å². The van der Waals surface area contributed by atoms with Crippen LogP contribution in [0.5, 0.6) is 0 Å². The van der Waals surface area contributed by atoms with Gasteiger partial charge < -0.3 is 10.6 Å². The van der Waals surface area contributed by atoms with Crippen molar-refractivity contribution in [3.05, 3.63) is 12.2 Å². The minimum Gasteiger partial charge on any atom is -0.356 e. The van der Waals surface area contributed by atoms with Crippen LogP contribution in [0, 0.1) is 40.4 Å². The molecule has 0 aromatic heterocycles. The van der Waals surface area contributed by atoms with Gasteiger partial charge in [0.2, 0.25) is 11.8 Å². The smallest absolute Gasteiger partial charge is 0.243 e. The molecule has 2 N–H and O–H groups in total. The van der Waals surface area contributed by atoms with E-state index >= 15 is 0 Å². The quantitative estimate of drug-likeness (QED) is 0.794. The first-order valence-corrected chi connectivity index (χ1v) is 11.0. The number of fused-ring (bicyclic) bond motifs is 5. The summed E-state index contributed by atoms with van der Waals surface area (Å²) in [7, 11) is 0. The topological polar surface area (TPSA) is 58.2 Å². The van der Waals surface area contributed by atoms with E-state index in [4.69, 9.17) is 0 Å². The lowest BCUT2D eigenvalue weighted by Gasteiger charge is -2.58. The zero-order valence-electron chi connectivity index (χ0n) is 17.4. The Morgan fingerprint density at radius 1 is 1.19 bits per heavy atom. The molecule has 1 aliphatic heterocycles. The van der Waals surface area contributed by atoms with Crippen LogP contribution in [0.15, 0.2) is 12.2 Å². The van der Waals surface area contributed by atoms with Gasteiger partial charge >= 0.3 is 0 Å². The fourth-order valence-electron chi connectivity index (χ4n) is 7.19. The van der Waals surface area contributed by atoms with Crippen molar-refractivity contribution in [1.82, 2.24) is 10.6 Å². The summed E-state index contributed by atoms with van der Waals surface area (Å²) in [5, 5.41) is 6.44. The highest BCUT2D eigenvalue weighted by Crippen LogP contribution is 2.64. The van der Waals surface area contributed by atoms with Crippen molar-refractivity contribution in [3.8, 4) is 0 Å². The van der Waals surface area contributed by atoms with Crippen LogP contribution in [0.2, 0.25) is 0 Å². The van der Waals surface area contributed by atoms with Crippen molar-refractivity contribution in [1.29, 1.82) is 0 Å². The van der Waals surface area contributed by atoms with Crippen LogP contribution < -0.4 is 10.6 Å². The average Bonchev–Trinajstić information content (AvgIpc) is 2.97. The molecule has 0 aromatic rings. The Kier molecular flexibility index (Phi) is 4.67. The Balaban J connectivity index is 1.54. The molecule has 3 fully saturated rings. The fourth-order valence-corrected chi connectivity index (χ4v) is 7.19. The van der Waals surface area contributed by atoms with Crippen molar-refractivity contribution in [2.24, 2.45) is 40.4 Å². The van der Waals surface area contributed by atoms with Gasteiger partial charge in [0, 0.05) is 23.9 Å². The number of carbonyl (C=O) groups excluding carboxylic acids is 2. The molecule has 2 unspecified atom stereocenters. The van der Waals surface area contributed by atoms with E-state index in [0.717, 1.165) is 25.8 Å². The van der Waals surface area contributed by atoms with Gasteiger partial charge in [-0.1, -0.05) is 33.8 Å². The van der Waals surface area contributed by atoms with Crippen molar-refractivity contribution < 1.29 is 9.59 Å². The molecule has 7 atom stereocenters. The highest BCUT2D eigenvalue weighted by Gasteiger charge is 2.60. The Morgan fingerprint density at radius 3 is 2.70 bits per heavy atom. The van der Waals surface area contributed by atoms with Crippen LogP contribution >= 0.6 is 0 Å². The minimum atomic E-state index is 0.0688. The normalized spacial score (nSPS) is 45.7. The largest absolute Gasteiger partial charge is 0.356 e. The van der Waals surface area contributed by atoms with Gasteiger partial charge in [0.1, 0.15) is 0 Å². The molecule has 3 aliphatic carbocycles. The summed E-state index contributed by atoms with van der Waals surface area (Å²) >= 11 is 0. The monoisotopic (exact) mass is 372 g/mol. The lowest BCUT2D eigenvalue weighted by Crippen LogP contribution is -2.59. The molecule has 4 heteroatoms. The molecule has 150 valence electrons. The maximum absolute atomic E-state index is 12.9. The second-order valence-corrected chi connectivity index (χ2v) is 10.5. The number of nitrogens with one attached hydrogen (secondary N) is 2. The van der Waals surface area contributed by atoms with Gasteiger partial charge in [-0.05, 0) is 73.7 Å². The second-order valence-electron chi connectivity index (χ2n) is 10.5. The summed E-state index contributed by atoms with van der Waals surface area (Å²) in [4.78, 5) is 24.8. The van der Waals surface area contributed by atoms with Gasteiger partial charge in [0.25, 0.3) is 0 Å². The molecule has 1 heterocycles. The van der Waals surface area contributed by atoms with Crippen LogP contribution in [0.25, 0.3) is 0 Å². The molecule has 0 radical (unpaired) electrons. The summed E-state index contributed by atoms with van der Waals surface area (Å²) in [6.45, 7) is 9.84. The van der Waals surface area contributed by atoms with E-state index in [9.17, 15) is 9.59 Å². The lowest BCUT2D eigenvalue weighted by molar-refractivity contribution is -0.134. The Morgan fingerprint density at radius 2 is 1.96 bits per heavy atom. The third-order valence-electron chi connectivity index (χ3n) is 8.69. The highest BCUT2D eigenvalue weighted by molar-refractivity contribution is 5.89. The zero-order chi connectivity index (χ0) is 19.4. The second kappa shape index (κ2) is 6.63. The molecule has 27 heavy (non-hydrogen) atoms. The summed E-state index contributed by atoms with van der Waals surface area (Å²) in [5.41, 5.74) is 0.225. The molecule has 0 spiro atoms. The molecular weight excluding hydrogens is 336 g/mol. The van der Waals surface area contributed by atoms with Crippen LogP contribution in [0.1, 0.15) is 66.2 Å². The Labute approximate surface area is 163 Å². The van der Waals surface area contributed by atoms with Gasteiger partial charge in [-0.2, -0.15) is 0 Å². The summed E-state index contributed by atoms with van der Waals surface area (Å²) in [6.07, 6.45) is 10.8. The molecular formula is C23H36N2O2. The molecule has 4 nitrogen and oxygen atoms in total. The van der Waals surface area contributed by atoms with Gasteiger partial charge in [0.05, 0.1) is 0 Å². The molecule has 4 rings (SSSR count). The van der Waals surface area contributed by atoms with Crippen molar-refractivity contribution >= 4 is 11.8 Å². The fraction of sp³-hybridized carbons (Fsp3) is 0.826. The van der Waals surface area contributed by atoms with Crippen LogP contribution in [0.4, 0.5) is 0 Å². The van der Waals surface area contributed by atoms with Crippen molar-refractivity contribution in [2.45, 2.75) is 72.3 Å². The maximum Gasteiger partial charge on any atom is 0.243 e. The first-order valence-electron chi connectivity index (χ1n) is 11.0. The summed E-state index contributed by atoms with van der Waals surface area (Å²) < 4.78 is 0. The number of hydrogen-bond donors (Lipinski definition) is 2. The lowest BCUT2D eigenvalue weighted by atomic mass is 9.48. The Bertz CT molecular complexity index is 657. The molecule has 0 saturated heterocycles. The molecule has 2 amide bonds. The zero-order valence-corrected chi connectivity index (χ0v) is 17.4. The molecule has 0 bridgehead atoms. The summed E-state index contributed by atoms with van der Waals surface area (Å²) in [6, 6.07) is 0.284. The number of carbonyl (C=O) groups is 2. The SMILES string of the molecule is CC(C)CNC(=O)C1CC[C@H]2[C@@H]3CCC4NC(=O)C=C[C@]4(C)[C@@H]3CC[C@]12C. The van der Waals surface area contributed by atoms with Gasteiger partial charge in [-0.3, -0.25) is 9.59 Å². The van der Waals surface area contributed by atoms with Gasteiger partial charge in [-0.15, -0.1) is 0 Å². The highest BCUT2D eigenvalue weighted by atomic mass is 16.2. The molecule has 0 aromatic carbocycles. The number of amides is 2. The summed E-state index contributed by atoms with van der Waals surface area (Å²) in [5.74, 6) is 3.00. The number of hydrogen-bond acceptors (Lipinski definition) is 2.